The summed E-state index contributed by atoms with van der Waals surface area (Å²) in [6.45, 7) is 21.4. The van der Waals surface area contributed by atoms with Gasteiger partial charge in [-0.3, -0.25) is 0 Å². The van der Waals surface area contributed by atoms with Gasteiger partial charge >= 0.3 is 0 Å². The SMILES string of the molecule is C1CNCCN1.C1COCCN1.CCN1CCNCC1.CN1CCNCC1. The topological polar surface area (TPSA) is 75.9 Å². The van der Waals surface area contributed by atoms with Gasteiger partial charge in [-0.05, 0) is 13.6 Å². The van der Waals surface area contributed by atoms with Crippen LogP contribution in [0.5, 0.6) is 0 Å². The number of morpholine rings is 1. The zero-order valence-corrected chi connectivity index (χ0v) is 17.8. The van der Waals surface area contributed by atoms with Crippen molar-refractivity contribution in [2.24, 2.45) is 0 Å². The summed E-state index contributed by atoms with van der Waals surface area (Å²) in [4.78, 5) is 4.78. The Morgan fingerprint density at radius 2 is 1.00 bits per heavy atom. The van der Waals surface area contributed by atoms with Crippen molar-refractivity contribution in [2.45, 2.75) is 6.92 Å². The summed E-state index contributed by atoms with van der Waals surface area (Å²) in [7, 11) is 2.15. The molecular weight excluding hydrogens is 342 g/mol. The van der Waals surface area contributed by atoms with Crippen LogP contribution in [0.1, 0.15) is 6.92 Å². The Hall–Kier alpha value is -0.320. The van der Waals surface area contributed by atoms with Crippen molar-refractivity contribution in [1.29, 1.82) is 0 Å². The first-order valence-corrected chi connectivity index (χ1v) is 10.8. The molecule has 8 heteroatoms. The number of hydrogen-bond acceptors (Lipinski definition) is 8. The van der Waals surface area contributed by atoms with Gasteiger partial charge in [-0.1, -0.05) is 6.92 Å². The predicted molar refractivity (Wildman–Crippen MR) is 115 cm³/mol. The van der Waals surface area contributed by atoms with Gasteiger partial charge in [-0.2, -0.15) is 0 Å². The van der Waals surface area contributed by atoms with Gasteiger partial charge in [0.15, 0.2) is 0 Å². The molecule has 5 N–H and O–H groups in total. The molecule has 0 saturated carbocycles. The number of rotatable bonds is 1. The Balaban J connectivity index is 0.000000181. The summed E-state index contributed by atoms with van der Waals surface area (Å²) in [5.74, 6) is 0. The molecule has 4 aliphatic rings. The van der Waals surface area contributed by atoms with Crippen molar-refractivity contribution in [1.82, 2.24) is 36.4 Å². The fraction of sp³-hybridized carbons (Fsp3) is 1.00. The first-order chi connectivity index (χ1) is 13.3. The predicted octanol–water partition coefficient (Wildman–Crippen LogP) is -1.78. The molecule has 0 aromatic heterocycles. The number of likely N-dealkylation sites (N-methyl/N-ethyl adjacent to an activating group) is 2. The van der Waals surface area contributed by atoms with Crippen molar-refractivity contribution in [3.63, 3.8) is 0 Å². The Morgan fingerprint density at radius 3 is 1.22 bits per heavy atom. The summed E-state index contributed by atoms with van der Waals surface area (Å²) in [5, 5.41) is 16.2. The van der Waals surface area contributed by atoms with E-state index in [2.05, 4.69) is 50.4 Å². The largest absolute Gasteiger partial charge is 0.379 e. The quantitative estimate of drug-likeness (QED) is 0.362. The second kappa shape index (κ2) is 19.0. The monoisotopic (exact) mass is 387 g/mol. The molecule has 0 spiro atoms. The highest BCUT2D eigenvalue weighted by Crippen LogP contribution is 1.88. The molecule has 162 valence electrons. The van der Waals surface area contributed by atoms with Crippen LogP contribution in [-0.4, -0.2) is 128 Å². The molecule has 4 heterocycles. The average Bonchev–Trinajstić information content (AvgIpc) is 2.79. The third-order valence-electron chi connectivity index (χ3n) is 4.80. The van der Waals surface area contributed by atoms with E-state index in [0.717, 1.165) is 65.6 Å². The van der Waals surface area contributed by atoms with Crippen LogP contribution in [0.2, 0.25) is 0 Å². The number of piperazine rings is 3. The lowest BCUT2D eigenvalue weighted by Crippen LogP contribution is -2.43. The average molecular weight is 388 g/mol. The van der Waals surface area contributed by atoms with Crippen LogP contribution in [0.15, 0.2) is 0 Å². The second-order valence-electron chi connectivity index (χ2n) is 7.10. The van der Waals surface area contributed by atoms with E-state index in [0.29, 0.717) is 0 Å². The fourth-order valence-corrected chi connectivity index (χ4v) is 2.92. The molecule has 4 rings (SSSR count). The number of nitrogens with one attached hydrogen (secondary N) is 5. The number of nitrogens with zero attached hydrogens (tertiary/aromatic N) is 2. The first-order valence-electron chi connectivity index (χ1n) is 10.8. The van der Waals surface area contributed by atoms with Gasteiger partial charge in [0.25, 0.3) is 0 Å². The molecule has 0 bridgehead atoms. The van der Waals surface area contributed by atoms with Gasteiger partial charge in [0.1, 0.15) is 0 Å². The molecule has 4 fully saturated rings. The van der Waals surface area contributed by atoms with Crippen molar-refractivity contribution < 1.29 is 4.74 Å². The summed E-state index contributed by atoms with van der Waals surface area (Å²) >= 11 is 0. The van der Waals surface area contributed by atoms with Crippen LogP contribution in [0, 0.1) is 0 Å². The van der Waals surface area contributed by atoms with Gasteiger partial charge in [0, 0.05) is 91.6 Å². The lowest BCUT2D eigenvalue weighted by molar-refractivity contribution is 0.109. The summed E-state index contributed by atoms with van der Waals surface area (Å²) in [5.41, 5.74) is 0. The molecule has 0 aliphatic carbocycles. The Labute approximate surface area is 167 Å². The van der Waals surface area contributed by atoms with Crippen LogP contribution in [0.3, 0.4) is 0 Å². The third-order valence-corrected chi connectivity index (χ3v) is 4.80. The molecule has 0 aromatic rings. The van der Waals surface area contributed by atoms with E-state index < -0.39 is 0 Å². The summed E-state index contributed by atoms with van der Waals surface area (Å²) in [6, 6.07) is 0. The summed E-state index contributed by atoms with van der Waals surface area (Å²) < 4.78 is 5.01. The molecule has 4 saturated heterocycles. The Kier molecular flexibility index (Phi) is 17.4. The fourth-order valence-electron chi connectivity index (χ4n) is 2.92. The maximum Gasteiger partial charge on any atom is 0.0591 e. The van der Waals surface area contributed by atoms with Gasteiger partial charge in [-0.15, -0.1) is 0 Å². The minimum Gasteiger partial charge on any atom is -0.379 e. The van der Waals surface area contributed by atoms with E-state index >= 15 is 0 Å². The smallest absolute Gasteiger partial charge is 0.0591 e. The zero-order chi connectivity index (χ0) is 19.4. The minimum atomic E-state index is 0.889. The Morgan fingerprint density at radius 1 is 0.593 bits per heavy atom. The van der Waals surface area contributed by atoms with Crippen LogP contribution in [0.4, 0.5) is 0 Å². The van der Waals surface area contributed by atoms with E-state index in [4.69, 9.17) is 4.74 Å². The normalized spacial score (nSPS) is 24.2. The molecular formula is C19H45N7O. The summed E-state index contributed by atoms with van der Waals surface area (Å²) in [6.07, 6.45) is 0. The molecule has 0 atom stereocenters. The van der Waals surface area contributed by atoms with E-state index in [1.165, 1.54) is 45.8 Å². The van der Waals surface area contributed by atoms with Crippen molar-refractivity contribution in [3.05, 3.63) is 0 Å². The minimum absolute atomic E-state index is 0.889. The highest BCUT2D eigenvalue weighted by atomic mass is 16.5. The number of hydrogen-bond donors (Lipinski definition) is 5. The van der Waals surface area contributed by atoms with Gasteiger partial charge in [-0.25, -0.2) is 0 Å². The van der Waals surface area contributed by atoms with Gasteiger partial charge in [0.05, 0.1) is 13.2 Å². The van der Waals surface area contributed by atoms with E-state index in [9.17, 15) is 0 Å². The van der Waals surface area contributed by atoms with Crippen LogP contribution < -0.4 is 26.6 Å². The molecule has 27 heavy (non-hydrogen) atoms. The van der Waals surface area contributed by atoms with Crippen molar-refractivity contribution in [2.75, 3.05) is 118 Å². The number of ether oxygens (including phenoxy) is 1. The molecule has 4 aliphatic heterocycles. The van der Waals surface area contributed by atoms with Crippen molar-refractivity contribution in [3.8, 4) is 0 Å². The standard InChI is InChI=1S/C6H14N2.C5H12N2.C4H10N2.C4H9NO/c1-2-8-5-3-7-4-6-8;1-7-4-2-6-3-5-7;1-2-6-4-3-5-1;1-3-6-4-2-5-1/h7H,2-6H2,1H3;6H,2-5H2,1H3;5-6H,1-4H2;5H,1-4H2. The van der Waals surface area contributed by atoms with Crippen LogP contribution in [0.25, 0.3) is 0 Å². The third kappa shape index (κ3) is 16.3. The molecule has 0 radical (unpaired) electrons. The van der Waals surface area contributed by atoms with E-state index in [1.54, 1.807) is 0 Å². The van der Waals surface area contributed by atoms with E-state index in [-0.39, 0.29) is 0 Å². The molecule has 8 nitrogen and oxygen atoms in total. The maximum atomic E-state index is 5.01. The van der Waals surface area contributed by atoms with Gasteiger partial charge in [0.2, 0.25) is 0 Å². The maximum absolute atomic E-state index is 5.01. The zero-order valence-electron chi connectivity index (χ0n) is 17.8. The Bertz CT molecular complexity index is 255. The highest BCUT2D eigenvalue weighted by molar-refractivity contribution is 4.65. The highest BCUT2D eigenvalue weighted by Gasteiger charge is 2.04. The molecule has 0 aromatic carbocycles. The van der Waals surface area contributed by atoms with Crippen LogP contribution >= 0.6 is 0 Å². The van der Waals surface area contributed by atoms with Crippen molar-refractivity contribution >= 4 is 0 Å². The van der Waals surface area contributed by atoms with Crippen LogP contribution in [-0.2, 0) is 4.74 Å². The lowest BCUT2D eigenvalue weighted by atomic mass is 10.4. The molecule has 0 unspecified atom stereocenters. The lowest BCUT2D eigenvalue weighted by Gasteiger charge is -2.25. The second-order valence-corrected chi connectivity index (χ2v) is 7.10. The first kappa shape index (κ1) is 24.7. The van der Waals surface area contributed by atoms with E-state index in [1.807, 2.05) is 0 Å². The molecule has 0 amide bonds. The van der Waals surface area contributed by atoms with Gasteiger partial charge < -0.3 is 41.1 Å².